The molecule has 0 N–H and O–H groups in total. The second-order valence-corrected chi connectivity index (χ2v) is 10.0. The van der Waals surface area contributed by atoms with Crippen molar-refractivity contribution in [2.24, 2.45) is 0 Å². The van der Waals surface area contributed by atoms with E-state index in [-0.39, 0.29) is 11.8 Å². The quantitative estimate of drug-likeness (QED) is 0.446. The van der Waals surface area contributed by atoms with Crippen LogP contribution in [0, 0.1) is 0 Å². The van der Waals surface area contributed by atoms with Crippen molar-refractivity contribution in [2.45, 2.75) is 12.6 Å². The Morgan fingerprint density at radius 2 is 1.76 bits per heavy atom. The Morgan fingerprint density at radius 3 is 2.44 bits per heavy atom. The highest BCUT2D eigenvalue weighted by atomic mass is 79.9. The Hall–Kier alpha value is -2.82. The number of ether oxygens (including phenoxy) is 1. The molecule has 8 nitrogen and oxygen atoms in total. The average Bonchev–Trinajstić information content (AvgIpc) is 3.37. The molecule has 0 radical (unpaired) electrons. The highest BCUT2D eigenvalue weighted by molar-refractivity contribution is 9.10. The number of aromatic nitrogens is 2. The maximum Gasteiger partial charge on any atom is 0.282 e. The monoisotopic (exact) mass is 541 g/mol. The van der Waals surface area contributed by atoms with Crippen molar-refractivity contribution >= 4 is 39.1 Å². The third-order valence-electron chi connectivity index (χ3n) is 6.14. The number of amides is 2. The Balaban J connectivity index is 1.07. The number of nitrogens with zero attached hydrogens (tertiary/aromatic N) is 5. The van der Waals surface area contributed by atoms with Gasteiger partial charge in [-0.2, -0.15) is 0 Å². The summed E-state index contributed by atoms with van der Waals surface area (Å²) in [4.78, 5) is 39.9. The molecular formula is C24H24BrN5O3S. The fraction of sp³-hybridized carbons (Fsp3) is 0.333. The lowest BCUT2D eigenvalue weighted by Gasteiger charge is -2.48. The van der Waals surface area contributed by atoms with Crippen LogP contribution >= 0.6 is 27.3 Å². The SMILES string of the molecule is O=C(c1ccc(OCc2cccc(Br)n2)cc1)N1CC(N2CCN(C(=O)c3nccs3)CC2)C1. The van der Waals surface area contributed by atoms with Crippen LogP contribution in [0.2, 0.25) is 0 Å². The lowest BCUT2D eigenvalue weighted by molar-refractivity contribution is 0.00853. The first-order chi connectivity index (χ1) is 16.6. The molecule has 10 heteroatoms. The van der Waals surface area contributed by atoms with Crippen LogP contribution in [0.25, 0.3) is 0 Å². The largest absolute Gasteiger partial charge is 0.487 e. The normalized spacial score (nSPS) is 16.9. The van der Waals surface area contributed by atoms with Gasteiger partial charge < -0.3 is 14.5 Å². The minimum Gasteiger partial charge on any atom is -0.487 e. The Labute approximate surface area is 210 Å². The van der Waals surface area contributed by atoms with Crippen molar-refractivity contribution in [3.05, 3.63) is 74.9 Å². The van der Waals surface area contributed by atoms with Crippen LogP contribution in [0.15, 0.2) is 58.6 Å². The Morgan fingerprint density at radius 1 is 1.00 bits per heavy atom. The molecule has 0 atom stereocenters. The molecule has 0 saturated carbocycles. The summed E-state index contributed by atoms with van der Waals surface area (Å²) in [6.45, 7) is 4.83. The van der Waals surface area contributed by atoms with Gasteiger partial charge in [-0.25, -0.2) is 9.97 Å². The minimum absolute atomic E-state index is 0.0143. The van der Waals surface area contributed by atoms with E-state index in [2.05, 4.69) is 30.8 Å². The zero-order valence-corrected chi connectivity index (χ0v) is 20.9. The van der Waals surface area contributed by atoms with E-state index in [0.29, 0.717) is 55.1 Å². The fourth-order valence-electron chi connectivity index (χ4n) is 4.17. The molecule has 5 rings (SSSR count). The molecule has 3 aromatic rings. The molecule has 2 aromatic heterocycles. The summed E-state index contributed by atoms with van der Waals surface area (Å²) in [7, 11) is 0. The van der Waals surface area contributed by atoms with Crippen molar-refractivity contribution in [3.63, 3.8) is 0 Å². The van der Waals surface area contributed by atoms with Gasteiger partial charge in [-0.1, -0.05) is 6.07 Å². The summed E-state index contributed by atoms with van der Waals surface area (Å²) in [6, 6.07) is 13.3. The zero-order valence-electron chi connectivity index (χ0n) is 18.5. The number of rotatable bonds is 6. The smallest absolute Gasteiger partial charge is 0.282 e. The molecular weight excluding hydrogens is 518 g/mol. The fourth-order valence-corrected chi connectivity index (χ4v) is 5.15. The first-order valence-electron chi connectivity index (χ1n) is 11.1. The number of thiazole rings is 1. The maximum absolute atomic E-state index is 12.8. The maximum atomic E-state index is 12.8. The molecule has 2 aliphatic heterocycles. The number of pyridine rings is 1. The molecule has 2 aliphatic rings. The zero-order chi connectivity index (χ0) is 23.5. The summed E-state index contributed by atoms with van der Waals surface area (Å²) < 4.78 is 6.55. The summed E-state index contributed by atoms with van der Waals surface area (Å²) in [5.41, 5.74) is 1.49. The second kappa shape index (κ2) is 10.2. The highest BCUT2D eigenvalue weighted by Crippen LogP contribution is 2.22. The molecule has 0 bridgehead atoms. The molecule has 1 aromatic carbocycles. The third-order valence-corrected chi connectivity index (χ3v) is 7.35. The highest BCUT2D eigenvalue weighted by Gasteiger charge is 2.37. The van der Waals surface area contributed by atoms with Gasteiger partial charge in [0.1, 0.15) is 17.0 Å². The van der Waals surface area contributed by atoms with Crippen LogP contribution in [0.4, 0.5) is 0 Å². The molecule has 2 amide bonds. The van der Waals surface area contributed by atoms with Crippen molar-refractivity contribution in [3.8, 4) is 5.75 Å². The number of likely N-dealkylation sites (tertiary alicyclic amines) is 1. The molecule has 2 saturated heterocycles. The molecule has 34 heavy (non-hydrogen) atoms. The first kappa shape index (κ1) is 22.9. The van der Waals surface area contributed by atoms with Gasteiger partial charge in [0, 0.05) is 62.5 Å². The number of carbonyl (C=O) groups is 2. The van der Waals surface area contributed by atoms with Crippen molar-refractivity contribution in [2.75, 3.05) is 39.3 Å². The number of hydrogen-bond donors (Lipinski definition) is 0. The minimum atomic E-state index is 0.0143. The molecule has 2 fully saturated rings. The van der Waals surface area contributed by atoms with E-state index >= 15 is 0 Å². The molecule has 0 unspecified atom stereocenters. The molecule has 176 valence electrons. The van der Waals surface area contributed by atoms with Gasteiger partial charge in [0.2, 0.25) is 0 Å². The van der Waals surface area contributed by atoms with Crippen LogP contribution in [0.5, 0.6) is 5.75 Å². The van der Waals surface area contributed by atoms with E-state index in [4.69, 9.17) is 4.74 Å². The van der Waals surface area contributed by atoms with Gasteiger partial charge in [0.05, 0.1) is 5.69 Å². The predicted octanol–water partition coefficient (Wildman–Crippen LogP) is 3.16. The second-order valence-electron chi connectivity index (χ2n) is 8.29. The van der Waals surface area contributed by atoms with Crippen molar-refractivity contribution in [1.82, 2.24) is 24.7 Å². The predicted molar refractivity (Wildman–Crippen MR) is 132 cm³/mol. The number of halogens is 1. The van der Waals surface area contributed by atoms with E-state index in [1.165, 1.54) is 11.3 Å². The van der Waals surface area contributed by atoms with Gasteiger partial charge in [-0.15, -0.1) is 11.3 Å². The van der Waals surface area contributed by atoms with Crippen LogP contribution in [0.3, 0.4) is 0 Å². The standard InChI is InChI=1S/C24H24BrN5O3S/c25-21-3-1-2-18(27-21)16-33-20-6-4-17(5-7-20)23(31)30-14-19(15-30)28-9-11-29(12-10-28)24(32)22-26-8-13-34-22/h1-8,13,19H,9-12,14-16H2. The van der Waals surface area contributed by atoms with E-state index in [9.17, 15) is 9.59 Å². The van der Waals surface area contributed by atoms with Gasteiger partial charge in [0.25, 0.3) is 11.8 Å². The van der Waals surface area contributed by atoms with E-state index in [1.807, 2.05) is 57.6 Å². The molecule has 4 heterocycles. The van der Waals surface area contributed by atoms with Crippen LogP contribution in [-0.2, 0) is 6.61 Å². The van der Waals surface area contributed by atoms with E-state index < -0.39 is 0 Å². The molecule has 0 aliphatic carbocycles. The van der Waals surface area contributed by atoms with Gasteiger partial charge in [0.15, 0.2) is 5.01 Å². The third kappa shape index (κ3) is 5.13. The number of hydrogen-bond acceptors (Lipinski definition) is 7. The number of carbonyl (C=O) groups excluding carboxylic acids is 2. The Kier molecular flexibility index (Phi) is 6.89. The Bertz CT molecular complexity index is 1140. The lowest BCUT2D eigenvalue weighted by atomic mass is 10.0. The van der Waals surface area contributed by atoms with Crippen LogP contribution < -0.4 is 4.74 Å². The summed E-state index contributed by atoms with van der Waals surface area (Å²) in [6.07, 6.45) is 1.66. The summed E-state index contributed by atoms with van der Waals surface area (Å²) in [5, 5.41) is 2.38. The van der Waals surface area contributed by atoms with Crippen molar-refractivity contribution < 1.29 is 14.3 Å². The summed E-state index contributed by atoms with van der Waals surface area (Å²) in [5.74, 6) is 0.749. The summed E-state index contributed by atoms with van der Waals surface area (Å²) >= 11 is 4.73. The number of piperazine rings is 1. The molecule has 0 spiro atoms. The van der Waals surface area contributed by atoms with Gasteiger partial charge in [-0.05, 0) is 52.3 Å². The van der Waals surface area contributed by atoms with E-state index in [0.717, 1.165) is 23.4 Å². The van der Waals surface area contributed by atoms with Crippen molar-refractivity contribution in [1.29, 1.82) is 0 Å². The average molecular weight is 542 g/mol. The lowest BCUT2D eigenvalue weighted by Crippen LogP contribution is -2.64. The van der Waals surface area contributed by atoms with Crippen LogP contribution in [-0.4, -0.2) is 81.8 Å². The van der Waals surface area contributed by atoms with Crippen LogP contribution in [0.1, 0.15) is 25.9 Å². The van der Waals surface area contributed by atoms with E-state index in [1.54, 1.807) is 6.20 Å². The topological polar surface area (TPSA) is 78.9 Å². The number of benzene rings is 1. The van der Waals surface area contributed by atoms with Gasteiger partial charge in [-0.3, -0.25) is 14.5 Å². The van der Waals surface area contributed by atoms with Gasteiger partial charge >= 0.3 is 0 Å². The first-order valence-corrected chi connectivity index (χ1v) is 12.8.